The smallest absolute Gasteiger partial charge is 0.306 e. The number of aliphatic hydroxyl groups excluding tert-OH is 2. The Hall–Kier alpha value is -0.650. The molecule has 5 nitrogen and oxygen atoms in total. The van der Waals surface area contributed by atoms with Gasteiger partial charge >= 0.3 is 5.97 Å². The van der Waals surface area contributed by atoms with E-state index in [1.165, 1.54) is 135 Å². The molecule has 0 aliphatic rings. The van der Waals surface area contributed by atoms with Gasteiger partial charge < -0.3 is 14.9 Å². The number of carbonyl (C=O) groups excluding carboxylic acids is 1. The molecule has 0 heterocycles. The van der Waals surface area contributed by atoms with Gasteiger partial charge in [0.1, 0.15) is 6.10 Å². The third-order valence-electron chi connectivity index (χ3n) is 9.69. The molecule has 1 atom stereocenters. The van der Waals surface area contributed by atoms with Gasteiger partial charge in [-0.05, 0) is 51.5 Å². The summed E-state index contributed by atoms with van der Waals surface area (Å²) in [6, 6.07) is 0. The highest BCUT2D eigenvalue weighted by molar-refractivity contribution is 5.69. The number of ether oxygens (including phenoxy) is 1. The average Bonchev–Trinajstić information content (AvgIpc) is 3.04. The van der Waals surface area contributed by atoms with Gasteiger partial charge in [-0.3, -0.25) is 9.69 Å². The van der Waals surface area contributed by atoms with Crippen LogP contribution in [0.25, 0.3) is 0 Å². The summed E-state index contributed by atoms with van der Waals surface area (Å²) in [6.07, 6.45) is 37.2. The van der Waals surface area contributed by atoms with Crippen molar-refractivity contribution in [1.29, 1.82) is 0 Å². The topological polar surface area (TPSA) is 70.0 Å². The number of esters is 1. The molecule has 0 bridgehead atoms. The molecule has 0 amide bonds. The maximum absolute atomic E-state index is 12.7. The lowest BCUT2D eigenvalue weighted by molar-refractivity contribution is -0.150. The lowest BCUT2D eigenvalue weighted by Gasteiger charge is -2.24. The first-order valence-corrected chi connectivity index (χ1v) is 20.8. The number of nitrogens with zero attached hydrogens (tertiary/aromatic N) is 1. The van der Waals surface area contributed by atoms with Gasteiger partial charge in [0.2, 0.25) is 0 Å². The molecular weight excluding hydrogens is 570 g/mol. The predicted molar refractivity (Wildman–Crippen MR) is 200 cm³/mol. The van der Waals surface area contributed by atoms with E-state index < -0.39 is 0 Å². The molecule has 0 aliphatic heterocycles. The van der Waals surface area contributed by atoms with Crippen LogP contribution >= 0.6 is 0 Å². The lowest BCUT2D eigenvalue weighted by Crippen LogP contribution is -2.35. The Bertz CT molecular complexity index is 585. The number of carbonyl (C=O) groups is 1. The van der Waals surface area contributed by atoms with Gasteiger partial charge in [0.05, 0.1) is 12.7 Å². The normalized spacial score (nSPS) is 12.4. The standard InChI is InChI=1S/C41H83NO4/c1-4-7-10-13-16-17-18-19-21-26-31-39(44)38-42(36-37-43)35-30-25-20-24-29-34-41(45)46-40(32-27-22-14-11-8-5-2)33-28-23-15-12-9-6-3/h39-40,43-44H,4-38H2,1-3H3/t39-/m0/s1. The van der Waals surface area contributed by atoms with Crippen LogP contribution in [0.15, 0.2) is 0 Å². The zero-order valence-electron chi connectivity index (χ0n) is 31.6. The summed E-state index contributed by atoms with van der Waals surface area (Å²) in [7, 11) is 0. The third kappa shape index (κ3) is 33.3. The van der Waals surface area contributed by atoms with Crippen molar-refractivity contribution >= 4 is 5.97 Å². The Morgan fingerprint density at radius 2 is 0.913 bits per heavy atom. The van der Waals surface area contributed by atoms with Crippen molar-refractivity contribution in [2.45, 2.75) is 232 Å². The second kappa shape index (κ2) is 37.2. The molecule has 0 saturated heterocycles. The van der Waals surface area contributed by atoms with Crippen LogP contribution in [0.3, 0.4) is 0 Å². The number of aliphatic hydroxyl groups is 2. The highest BCUT2D eigenvalue weighted by atomic mass is 16.5. The van der Waals surface area contributed by atoms with Crippen LogP contribution in [0, 0.1) is 0 Å². The molecule has 0 rings (SSSR count). The summed E-state index contributed by atoms with van der Waals surface area (Å²) in [6.45, 7) is 9.17. The Morgan fingerprint density at radius 3 is 1.37 bits per heavy atom. The van der Waals surface area contributed by atoms with Gasteiger partial charge in [0, 0.05) is 19.5 Å². The minimum atomic E-state index is -0.294. The fraction of sp³-hybridized carbons (Fsp3) is 0.976. The van der Waals surface area contributed by atoms with E-state index in [2.05, 4.69) is 25.7 Å². The van der Waals surface area contributed by atoms with E-state index in [-0.39, 0.29) is 24.8 Å². The molecule has 0 aliphatic carbocycles. The van der Waals surface area contributed by atoms with Gasteiger partial charge in [-0.2, -0.15) is 0 Å². The summed E-state index contributed by atoms with van der Waals surface area (Å²) in [4.78, 5) is 14.9. The van der Waals surface area contributed by atoms with E-state index in [4.69, 9.17) is 4.74 Å². The summed E-state index contributed by atoms with van der Waals surface area (Å²) in [5.74, 6) is 0.00693. The lowest BCUT2D eigenvalue weighted by atomic mass is 10.0. The Labute approximate surface area is 288 Å². The van der Waals surface area contributed by atoms with E-state index in [1.807, 2.05) is 0 Å². The zero-order valence-corrected chi connectivity index (χ0v) is 31.6. The van der Waals surface area contributed by atoms with Crippen molar-refractivity contribution in [3.63, 3.8) is 0 Å². The molecule has 0 radical (unpaired) electrons. The van der Waals surface area contributed by atoms with E-state index in [0.717, 1.165) is 64.3 Å². The summed E-state index contributed by atoms with van der Waals surface area (Å²) >= 11 is 0. The van der Waals surface area contributed by atoms with Crippen LogP contribution in [0.2, 0.25) is 0 Å². The molecule has 0 fully saturated rings. The maximum atomic E-state index is 12.7. The molecule has 0 unspecified atom stereocenters. The van der Waals surface area contributed by atoms with Crippen molar-refractivity contribution < 1.29 is 19.7 Å². The van der Waals surface area contributed by atoms with Crippen LogP contribution in [-0.2, 0) is 9.53 Å². The SMILES string of the molecule is CCCCCCCCCCCC[C@H](O)CN(CCO)CCCCCCCC(=O)OC(CCCCCCCC)CCCCCCCC. The minimum absolute atomic E-state index is 0.00693. The highest BCUT2D eigenvalue weighted by Gasteiger charge is 2.15. The zero-order chi connectivity index (χ0) is 33.8. The monoisotopic (exact) mass is 654 g/mol. The van der Waals surface area contributed by atoms with Gasteiger partial charge in [-0.15, -0.1) is 0 Å². The Morgan fingerprint density at radius 1 is 0.522 bits per heavy atom. The van der Waals surface area contributed by atoms with Crippen LogP contribution in [0.4, 0.5) is 0 Å². The van der Waals surface area contributed by atoms with Gasteiger partial charge in [0.15, 0.2) is 0 Å². The van der Waals surface area contributed by atoms with Gasteiger partial charge in [0.25, 0.3) is 0 Å². The van der Waals surface area contributed by atoms with Crippen molar-refractivity contribution in [2.75, 3.05) is 26.2 Å². The summed E-state index contributed by atoms with van der Waals surface area (Å²) in [5, 5.41) is 20.1. The maximum Gasteiger partial charge on any atom is 0.306 e. The second-order valence-electron chi connectivity index (χ2n) is 14.4. The Balaban J connectivity index is 4.05. The molecule has 46 heavy (non-hydrogen) atoms. The second-order valence-corrected chi connectivity index (χ2v) is 14.4. The van der Waals surface area contributed by atoms with Crippen molar-refractivity contribution in [1.82, 2.24) is 4.90 Å². The first-order valence-electron chi connectivity index (χ1n) is 20.8. The molecular formula is C41H83NO4. The van der Waals surface area contributed by atoms with Crippen molar-refractivity contribution in [3.05, 3.63) is 0 Å². The fourth-order valence-corrected chi connectivity index (χ4v) is 6.64. The van der Waals surface area contributed by atoms with Gasteiger partial charge in [-0.25, -0.2) is 0 Å². The predicted octanol–water partition coefficient (Wildman–Crippen LogP) is 11.7. The third-order valence-corrected chi connectivity index (χ3v) is 9.69. The van der Waals surface area contributed by atoms with Crippen LogP contribution < -0.4 is 0 Å². The summed E-state index contributed by atoms with van der Waals surface area (Å²) < 4.78 is 6.00. The molecule has 0 aromatic heterocycles. The van der Waals surface area contributed by atoms with E-state index in [9.17, 15) is 15.0 Å². The average molecular weight is 654 g/mol. The van der Waals surface area contributed by atoms with Crippen LogP contribution in [-0.4, -0.2) is 59.5 Å². The highest BCUT2D eigenvalue weighted by Crippen LogP contribution is 2.18. The molecule has 0 spiro atoms. The number of hydrogen-bond acceptors (Lipinski definition) is 5. The fourth-order valence-electron chi connectivity index (χ4n) is 6.64. The minimum Gasteiger partial charge on any atom is -0.462 e. The number of unbranched alkanes of at least 4 members (excludes halogenated alkanes) is 23. The van der Waals surface area contributed by atoms with Crippen LogP contribution in [0.1, 0.15) is 220 Å². The molecule has 0 aromatic carbocycles. The number of hydrogen-bond donors (Lipinski definition) is 2. The first-order chi connectivity index (χ1) is 22.6. The van der Waals surface area contributed by atoms with Crippen molar-refractivity contribution in [2.24, 2.45) is 0 Å². The molecule has 5 heteroatoms. The molecule has 0 saturated carbocycles. The van der Waals surface area contributed by atoms with E-state index >= 15 is 0 Å². The largest absolute Gasteiger partial charge is 0.462 e. The quantitative estimate of drug-likeness (QED) is 0.0512. The van der Waals surface area contributed by atoms with Gasteiger partial charge in [-0.1, -0.05) is 168 Å². The molecule has 0 aromatic rings. The van der Waals surface area contributed by atoms with E-state index in [0.29, 0.717) is 19.5 Å². The van der Waals surface area contributed by atoms with E-state index in [1.54, 1.807) is 0 Å². The molecule has 2 N–H and O–H groups in total. The first kappa shape index (κ1) is 45.3. The van der Waals surface area contributed by atoms with Crippen molar-refractivity contribution in [3.8, 4) is 0 Å². The number of rotatable bonds is 38. The van der Waals surface area contributed by atoms with Crippen LogP contribution in [0.5, 0.6) is 0 Å². The molecule has 276 valence electrons. The Kier molecular flexibility index (Phi) is 36.6. The summed E-state index contributed by atoms with van der Waals surface area (Å²) in [5.41, 5.74) is 0.